The van der Waals surface area contributed by atoms with Gasteiger partial charge >= 0.3 is 0 Å². The van der Waals surface area contributed by atoms with Crippen LogP contribution in [-0.2, 0) is 6.42 Å². The van der Waals surface area contributed by atoms with Gasteiger partial charge in [-0.1, -0.05) is 22.9 Å². The summed E-state index contributed by atoms with van der Waals surface area (Å²) in [5, 5.41) is 9.70. The van der Waals surface area contributed by atoms with Crippen LogP contribution in [0.2, 0.25) is 0 Å². The third-order valence-electron chi connectivity index (χ3n) is 2.99. The molecule has 3 atom stereocenters. The summed E-state index contributed by atoms with van der Waals surface area (Å²) in [5.41, 5.74) is 1.27. The molecular weight excluding hydrogens is 300 g/mol. The number of fused-ring (bicyclic) bond motifs is 1. The minimum atomic E-state index is -0.266. The van der Waals surface area contributed by atoms with Crippen molar-refractivity contribution < 1.29 is 9.84 Å². The average molecular weight is 317 g/mol. The molecule has 0 amide bonds. The molecule has 1 aromatic carbocycles. The van der Waals surface area contributed by atoms with Crippen molar-refractivity contribution >= 4 is 27.7 Å². The molecule has 2 nitrogen and oxygen atoms in total. The minimum absolute atomic E-state index is 0.241. The van der Waals surface area contributed by atoms with Crippen LogP contribution in [0.5, 0.6) is 5.75 Å². The fourth-order valence-electron chi connectivity index (χ4n) is 1.78. The number of halogens is 1. The molecule has 0 saturated heterocycles. The van der Waals surface area contributed by atoms with Crippen LogP contribution in [0.1, 0.15) is 19.4 Å². The molecule has 1 aromatic rings. The number of aliphatic hydroxyl groups is 1. The van der Waals surface area contributed by atoms with Gasteiger partial charge in [0.05, 0.1) is 6.10 Å². The maximum atomic E-state index is 9.44. The van der Waals surface area contributed by atoms with Gasteiger partial charge in [0.15, 0.2) is 0 Å². The fraction of sp³-hybridized carbons (Fsp3) is 0.538. The number of hydrogen-bond acceptors (Lipinski definition) is 3. The van der Waals surface area contributed by atoms with Crippen LogP contribution in [0.4, 0.5) is 0 Å². The van der Waals surface area contributed by atoms with E-state index in [0.29, 0.717) is 0 Å². The molecule has 0 radical (unpaired) electrons. The zero-order valence-corrected chi connectivity index (χ0v) is 12.4. The van der Waals surface area contributed by atoms with E-state index in [-0.39, 0.29) is 17.5 Å². The normalized spacial score (nSPS) is 21.8. The van der Waals surface area contributed by atoms with Gasteiger partial charge in [-0.05, 0) is 30.7 Å². The molecule has 17 heavy (non-hydrogen) atoms. The van der Waals surface area contributed by atoms with E-state index < -0.39 is 0 Å². The van der Waals surface area contributed by atoms with Crippen LogP contribution in [0.15, 0.2) is 22.7 Å². The van der Waals surface area contributed by atoms with E-state index in [9.17, 15) is 5.11 Å². The summed E-state index contributed by atoms with van der Waals surface area (Å²) >= 11 is 5.24. The number of benzene rings is 1. The smallest absolute Gasteiger partial charge is 0.123 e. The molecule has 2 rings (SSSR count). The fourth-order valence-corrected chi connectivity index (χ4v) is 3.17. The monoisotopic (exact) mass is 316 g/mol. The Balaban J connectivity index is 1.88. The van der Waals surface area contributed by atoms with Gasteiger partial charge in [-0.3, -0.25) is 0 Å². The van der Waals surface area contributed by atoms with E-state index in [4.69, 9.17) is 4.74 Å². The maximum Gasteiger partial charge on any atom is 0.123 e. The average Bonchev–Trinajstić information content (AvgIpc) is 2.67. The summed E-state index contributed by atoms with van der Waals surface area (Å²) in [7, 11) is 0. The van der Waals surface area contributed by atoms with Gasteiger partial charge in [-0.2, -0.15) is 11.8 Å². The van der Waals surface area contributed by atoms with E-state index >= 15 is 0 Å². The minimum Gasteiger partial charge on any atom is -0.489 e. The van der Waals surface area contributed by atoms with Crippen LogP contribution in [0.3, 0.4) is 0 Å². The first-order valence-electron chi connectivity index (χ1n) is 5.81. The van der Waals surface area contributed by atoms with Crippen molar-refractivity contribution in [3.63, 3.8) is 0 Å². The number of rotatable bonds is 4. The number of hydrogen-bond donors (Lipinski definition) is 1. The lowest BCUT2D eigenvalue weighted by Crippen LogP contribution is -2.22. The van der Waals surface area contributed by atoms with Crippen LogP contribution in [0, 0.1) is 0 Å². The summed E-state index contributed by atoms with van der Waals surface area (Å²) in [5.74, 6) is 1.93. The van der Waals surface area contributed by atoms with Crippen LogP contribution in [-0.4, -0.2) is 28.3 Å². The zero-order valence-electron chi connectivity index (χ0n) is 10.0. The standard InChI is InChI=1S/C13H17BrO2S/c1-8(15)9(2)17-7-12-6-10-5-11(14)3-4-13(10)16-12/h3-5,8-9,12,15H,6-7H2,1-2H3. The lowest BCUT2D eigenvalue weighted by Gasteiger charge is -2.16. The van der Waals surface area contributed by atoms with Crippen molar-refractivity contribution in [1.29, 1.82) is 0 Å². The third-order valence-corrected chi connectivity index (χ3v) is 4.97. The van der Waals surface area contributed by atoms with Gasteiger partial charge in [-0.15, -0.1) is 0 Å². The highest BCUT2D eigenvalue weighted by molar-refractivity contribution is 9.10. The molecule has 0 aromatic heterocycles. The van der Waals surface area contributed by atoms with Crippen LogP contribution >= 0.6 is 27.7 Å². The molecule has 0 aliphatic carbocycles. The Bertz CT molecular complexity index is 395. The van der Waals surface area contributed by atoms with E-state index in [0.717, 1.165) is 22.4 Å². The first-order valence-corrected chi connectivity index (χ1v) is 7.65. The predicted octanol–water partition coefficient (Wildman–Crippen LogP) is 3.26. The van der Waals surface area contributed by atoms with E-state index in [2.05, 4.69) is 22.0 Å². The van der Waals surface area contributed by atoms with Gasteiger partial charge in [0.25, 0.3) is 0 Å². The molecule has 1 heterocycles. The van der Waals surface area contributed by atoms with E-state index in [1.54, 1.807) is 11.8 Å². The molecule has 1 aliphatic rings. The predicted molar refractivity (Wildman–Crippen MR) is 75.9 cm³/mol. The Morgan fingerprint density at radius 2 is 2.29 bits per heavy atom. The number of aliphatic hydroxyl groups excluding tert-OH is 1. The first-order chi connectivity index (χ1) is 8.06. The Hall–Kier alpha value is -0.190. The molecule has 1 N–H and O–H groups in total. The molecule has 0 fully saturated rings. The zero-order chi connectivity index (χ0) is 12.4. The second-order valence-corrected chi connectivity index (χ2v) is 6.80. The summed E-state index contributed by atoms with van der Waals surface area (Å²) < 4.78 is 6.97. The lowest BCUT2D eigenvalue weighted by atomic mass is 10.1. The van der Waals surface area contributed by atoms with Crippen molar-refractivity contribution in [3.05, 3.63) is 28.2 Å². The van der Waals surface area contributed by atoms with Gasteiger partial charge in [0.1, 0.15) is 11.9 Å². The maximum absolute atomic E-state index is 9.44. The molecule has 1 aliphatic heterocycles. The highest BCUT2D eigenvalue weighted by atomic mass is 79.9. The Labute approximate surface area is 115 Å². The van der Waals surface area contributed by atoms with Gasteiger partial charge in [0, 0.05) is 21.9 Å². The highest BCUT2D eigenvalue weighted by Crippen LogP contribution is 2.32. The first kappa shape index (κ1) is 13.2. The van der Waals surface area contributed by atoms with Crippen molar-refractivity contribution in [2.75, 3.05) is 5.75 Å². The number of ether oxygens (including phenoxy) is 1. The Morgan fingerprint density at radius 1 is 1.53 bits per heavy atom. The second-order valence-electron chi connectivity index (χ2n) is 4.48. The SMILES string of the molecule is CC(O)C(C)SCC1Cc2cc(Br)ccc2O1. The molecule has 4 heteroatoms. The second kappa shape index (κ2) is 5.63. The van der Waals surface area contributed by atoms with Crippen molar-refractivity contribution in [3.8, 4) is 5.75 Å². The molecule has 0 bridgehead atoms. The summed E-state index contributed by atoms with van der Waals surface area (Å²) in [6.45, 7) is 3.88. The molecule has 3 unspecified atom stereocenters. The molecule has 0 saturated carbocycles. The third kappa shape index (κ3) is 3.39. The quantitative estimate of drug-likeness (QED) is 0.924. The van der Waals surface area contributed by atoms with Crippen LogP contribution in [0.25, 0.3) is 0 Å². The van der Waals surface area contributed by atoms with Crippen molar-refractivity contribution in [2.45, 2.75) is 37.7 Å². The number of thioether (sulfide) groups is 1. The summed E-state index contributed by atoms with van der Waals surface area (Å²) in [6.07, 6.45) is 0.942. The van der Waals surface area contributed by atoms with Crippen LogP contribution < -0.4 is 4.74 Å². The van der Waals surface area contributed by atoms with Gasteiger partial charge in [-0.25, -0.2) is 0 Å². The van der Waals surface area contributed by atoms with Gasteiger partial charge < -0.3 is 9.84 Å². The lowest BCUT2D eigenvalue weighted by molar-refractivity contribution is 0.196. The molecular formula is C13H17BrO2S. The van der Waals surface area contributed by atoms with Crippen molar-refractivity contribution in [1.82, 2.24) is 0 Å². The van der Waals surface area contributed by atoms with Crippen molar-refractivity contribution in [2.24, 2.45) is 0 Å². The Morgan fingerprint density at radius 3 is 3.00 bits per heavy atom. The summed E-state index contributed by atoms with van der Waals surface area (Å²) in [6, 6.07) is 6.15. The molecule has 94 valence electrons. The Kier molecular flexibility index (Phi) is 4.39. The topological polar surface area (TPSA) is 29.5 Å². The largest absolute Gasteiger partial charge is 0.489 e. The van der Waals surface area contributed by atoms with Gasteiger partial charge in [0.2, 0.25) is 0 Å². The van der Waals surface area contributed by atoms with E-state index in [1.165, 1.54) is 5.56 Å². The summed E-state index contributed by atoms with van der Waals surface area (Å²) in [4.78, 5) is 0. The highest BCUT2D eigenvalue weighted by Gasteiger charge is 2.24. The van der Waals surface area contributed by atoms with E-state index in [1.807, 2.05) is 26.0 Å². The molecule has 0 spiro atoms.